The summed E-state index contributed by atoms with van der Waals surface area (Å²) in [5.74, 6) is 0.228. The highest BCUT2D eigenvalue weighted by molar-refractivity contribution is 6.30. The summed E-state index contributed by atoms with van der Waals surface area (Å²) in [4.78, 5) is 19.3. The number of rotatable bonds is 4. The van der Waals surface area contributed by atoms with Gasteiger partial charge in [0.25, 0.3) is 0 Å². The first kappa shape index (κ1) is 17.5. The molecule has 1 aromatic carbocycles. The van der Waals surface area contributed by atoms with Crippen LogP contribution in [0.2, 0.25) is 5.02 Å². The van der Waals surface area contributed by atoms with Gasteiger partial charge in [-0.05, 0) is 54.7 Å². The number of amides is 1. The molecule has 1 saturated carbocycles. The van der Waals surface area contributed by atoms with E-state index in [1.807, 2.05) is 41.3 Å². The minimum atomic E-state index is -0.477. The summed E-state index contributed by atoms with van der Waals surface area (Å²) in [7, 11) is 0. The van der Waals surface area contributed by atoms with Gasteiger partial charge in [-0.1, -0.05) is 30.2 Å². The van der Waals surface area contributed by atoms with E-state index in [9.17, 15) is 9.90 Å². The van der Waals surface area contributed by atoms with Gasteiger partial charge >= 0.3 is 0 Å². The maximum Gasteiger partial charge on any atom is 0.233 e. The van der Waals surface area contributed by atoms with Crippen molar-refractivity contribution in [3.8, 4) is 0 Å². The predicted octanol–water partition coefficient (Wildman–Crippen LogP) is 3.22. The lowest BCUT2D eigenvalue weighted by molar-refractivity contribution is -0.140. The number of aliphatic hydroxyl groups is 1. The fraction of sp³-hybridized carbons (Fsp3) is 0.429. The molecule has 5 heteroatoms. The topological polar surface area (TPSA) is 53.4 Å². The molecule has 2 heterocycles. The lowest BCUT2D eigenvalue weighted by Crippen LogP contribution is -2.50. The molecule has 2 unspecified atom stereocenters. The minimum absolute atomic E-state index is 0.0729. The summed E-state index contributed by atoms with van der Waals surface area (Å²) in [6.07, 6.45) is 6.62. The largest absolute Gasteiger partial charge is 0.391 e. The van der Waals surface area contributed by atoms with Crippen molar-refractivity contribution in [2.45, 2.75) is 37.2 Å². The first-order chi connectivity index (χ1) is 12.6. The molecule has 136 valence electrons. The summed E-state index contributed by atoms with van der Waals surface area (Å²) < 4.78 is 0. The Balaban J connectivity index is 1.50. The summed E-state index contributed by atoms with van der Waals surface area (Å²) >= 11 is 6.01. The third kappa shape index (κ3) is 3.12. The number of halogens is 1. The molecule has 0 radical (unpaired) electrons. The first-order valence-electron chi connectivity index (χ1n) is 9.21. The van der Waals surface area contributed by atoms with Crippen molar-refractivity contribution in [1.29, 1.82) is 0 Å². The van der Waals surface area contributed by atoms with E-state index in [4.69, 9.17) is 11.6 Å². The molecule has 1 saturated heterocycles. The van der Waals surface area contributed by atoms with E-state index in [1.54, 1.807) is 12.4 Å². The number of hydrogen-bond donors (Lipinski definition) is 1. The number of aromatic nitrogens is 1. The monoisotopic (exact) mass is 370 g/mol. The summed E-state index contributed by atoms with van der Waals surface area (Å²) in [6.45, 7) is 1.03. The molecule has 4 rings (SSSR count). The number of likely N-dealkylation sites (tertiary alicyclic amines) is 1. The standard InChI is InChI=1S/C21H23ClN2O2/c22-18-4-2-17(3-5-18)21(8-1-9-21)20(26)24-13-16(19(25)14-24)12-15-6-10-23-11-7-15/h2-7,10-11,16,19,25H,1,8-9,12-14H2. The minimum Gasteiger partial charge on any atom is -0.391 e. The molecule has 1 N–H and O–H groups in total. The maximum atomic E-state index is 13.4. The Bertz CT molecular complexity index is 774. The van der Waals surface area contributed by atoms with Gasteiger partial charge in [0.1, 0.15) is 0 Å². The Morgan fingerprint density at radius 2 is 1.85 bits per heavy atom. The number of pyridine rings is 1. The van der Waals surface area contributed by atoms with Crippen LogP contribution in [-0.2, 0) is 16.6 Å². The second-order valence-corrected chi connectivity index (χ2v) is 7.98. The van der Waals surface area contributed by atoms with E-state index in [-0.39, 0.29) is 11.8 Å². The van der Waals surface area contributed by atoms with Crippen LogP contribution in [0.1, 0.15) is 30.4 Å². The Kier molecular flexibility index (Phi) is 4.72. The molecule has 1 aliphatic heterocycles. The number of aliphatic hydroxyl groups excluding tert-OH is 1. The Hall–Kier alpha value is -1.91. The van der Waals surface area contributed by atoms with Gasteiger partial charge in [0.15, 0.2) is 0 Å². The van der Waals surface area contributed by atoms with Crippen LogP contribution in [0.25, 0.3) is 0 Å². The van der Waals surface area contributed by atoms with E-state index in [0.29, 0.717) is 18.1 Å². The molecule has 1 aromatic heterocycles. The van der Waals surface area contributed by atoms with Gasteiger partial charge in [-0.15, -0.1) is 0 Å². The third-order valence-corrected chi connectivity index (χ3v) is 6.21. The van der Waals surface area contributed by atoms with Crippen LogP contribution in [0.15, 0.2) is 48.8 Å². The van der Waals surface area contributed by atoms with Crippen LogP contribution < -0.4 is 0 Å². The van der Waals surface area contributed by atoms with E-state index in [2.05, 4.69) is 4.98 Å². The number of β-amino-alcohol motifs (C(OH)–C–C–N with tert-alkyl or cyclic N) is 1. The van der Waals surface area contributed by atoms with Crippen LogP contribution in [0.4, 0.5) is 0 Å². The van der Waals surface area contributed by atoms with Crippen LogP contribution in [0.3, 0.4) is 0 Å². The van der Waals surface area contributed by atoms with E-state index < -0.39 is 11.5 Å². The third-order valence-electron chi connectivity index (χ3n) is 5.95. The second-order valence-electron chi connectivity index (χ2n) is 7.54. The molecule has 1 amide bonds. The Morgan fingerprint density at radius 1 is 1.15 bits per heavy atom. The molecular formula is C21H23ClN2O2. The lowest BCUT2D eigenvalue weighted by Gasteiger charge is -2.43. The highest BCUT2D eigenvalue weighted by atomic mass is 35.5. The van der Waals surface area contributed by atoms with Gasteiger partial charge in [0.2, 0.25) is 5.91 Å². The van der Waals surface area contributed by atoms with Crippen LogP contribution in [-0.4, -0.2) is 40.1 Å². The lowest BCUT2D eigenvalue weighted by atomic mass is 9.63. The van der Waals surface area contributed by atoms with Gasteiger partial charge in [0.05, 0.1) is 11.5 Å². The van der Waals surface area contributed by atoms with E-state index >= 15 is 0 Å². The number of hydrogen-bond acceptors (Lipinski definition) is 3. The van der Waals surface area contributed by atoms with Gasteiger partial charge < -0.3 is 10.0 Å². The highest BCUT2D eigenvalue weighted by Crippen LogP contribution is 2.46. The number of carbonyl (C=O) groups excluding carboxylic acids is 1. The first-order valence-corrected chi connectivity index (χ1v) is 9.59. The molecule has 1 aliphatic carbocycles. The molecule has 2 atom stereocenters. The molecule has 0 bridgehead atoms. The van der Waals surface area contributed by atoms with Gasteiger partial charge in [-0.3, -0.25) is 9.78 Å². The molecule has 26 heavy (non-hydrogen) atoms. The van der Waals surface area contributed by atoms with Crippen molar-refractivity contribution in [2.24, 2.45) is 5.92 Å². The van der Waals surface area contributed by atoms with Gasteiger partial charge in [-0.2, -0.15) is 0 Å². The average molecular weight is 371 g/mol. The summed E-state index contributed by atoms with van der Waals surface area (Å²) in [5, 5.41) is 11.2. The van der Waals surface area contributed by atoms with Crippen LogP contribution in [0.5, 0.6) is 0 Å². The molecular weight excluding hydrogens is 348 g/mol. The van der Waals surface area contributed by atoms with Crippen molar-refractivity contribution in [3.63, 3.8) is 0 Å². The maximum absolute atomic E-state index is 13.4. The van der Waals surface area contributed by atoms with Crippen molar-refractivity contribution in [1.82, 2.24) is 9.88 Å². The smallest absolute Gasteiger partial charge is 0.233 e. The fourth-order valence-electron chi connectivity index (χ4n) is 4.27. The van der Waals surface area contributed by atoms with Crippen molar-refractivity contribution >= 4 is 17.5 Å². The molecule has 2 aliphatic rings. The molecule has 0 spiro atoms. The van der Waals surface area contributed by atoms with Crippen molar-refractivity contribution in [2.75, 3.05) is 13.1 Å². The van der Waals surface area contributed by atoms with E-state index in [1.165, 1.54) is 0 Å². The SMILES string of the molecule is O=C(N1CC(O)C(Cc2ccncc2)C1)C1(c2ccc(Cl)cc2)CCC1. The van der Waals surface area contributed by atoms with Gasteiger partial charge in [-0.25, -0.2) is 0 Å². The number of carbonyl (C=O) groups is 1. The number of nitrogens with zero attached hydrogens (tertiary/aromatic N) is 2. The normalized spacial score (nSPS) is 24.3. The van der Waals surface area contributed by atoms with Crippen molar-refractivity contribution in [3.05, 3.63) is 64.9 Å². The molecule has 2 fully saturated rings. The van der Waals surface area contributed by atoms with Crippen LogP contribution >= 0.6 is 11.6 Å². The summed E-state index contributed by atoms with van der Waals surface area (Å²) in [6, 6.07) is 11.6. The molecule has 2 aromatic rings. The van der Waals surface area contributed by atoms with E-state index in [0.717, 1.165) is 36.8 Å². The Morgan fingerprint density at radius 3 is 2.46 bits per heavy atom. The summed E-state index contributed by atoms with van der Waals surface area (Å²) in [5.41, 5.74) is 1.76. The zero-order valence-corrected chi connectivity index (χ0v) is 15.4. The predicted molar refractivity (Wildman–Crippen MR) is 101 cm³/mol. The van der Waals surface area contributed by atoms with Crippen molar-refractivity contribution < 1.29 is 9.90 Å². The second kappa shape index (κ2) is 7.01. The highest BCUT2D eigenvalue weighted by Gasteiger charge is 2.49. The van der Waals surface area contributed by atoms with Gasteiger partial charge in [0, 0.05) is 36.4 Å². The zero-order chi connectivity index (χ0) is 18.1. The molecule has 4 nitrogen and oxygen atoms in total. The zero-order valence-electron chi connectivity index (χ0n) is 14.6. The number of benzene rings is 1. The quantitative estimate of drug-likeness (QED) is 0.899. The Labute approximate surface area is 158 Å². The van der Waals surface area contributed by atoms with Crippen LogP contribution in [0, 0.1) is 5.92 Å². The average Bonchev–Trinajstić information content (AvgIpc) is 2.97. The fourth-order valence-corrected chi connectivity index (χ4v) is 4.40.